The average Bonchev–Trinajstić information content (AvgIpc) is 3.28. The van der Waals surface area contributed by atoms with E-state index in [1.165, 1.54) is 16.6 Å². The minimum absolute atomic E-state index is 0.684. The largest absolute Gasteiger partial charge is 0.431 e. The van der Waals surface area contributed by atoms with Crippen LogP contribution in [0.2, 0.25) is 0 Å². The predicted octanol–water partition coefficient (Wildman–Crippen LogP) is 4.90. The summed E-state index contributed by atoms with van der Waals surface area (Å²) in [6, 6.07) is 16.7. The first kappa shape index (κ1) is 17.7. The molecule has 0 aliphatic carbocycles. The van der Waals surface area contributed by atoms with Crippen LogP contribution in [-0.2, 0) is 17.8 Å². The van der Waals surface area contributed by atoms with Crippen molar-refractivity contribution in [1.82, 2.24) is 14.5 Å². The molecular formula is C22H23N3O2S. The van der Waals surface area contributed by atoms with Gasteiger partial charge in [-0.2, -0.15) is 0 Å². The number of ether oxygens (including phenoxy) is 2. The smallest absolute Gasteiger partial charge is 0.279 e. The van der Waals surface area contributed by atoms with Crippen LogP contribution in [0.3, 0.4) is 0 Å². The number of rotatable bonds is 5. The quantitative estimate of drug-likeness (QED) is 0.484. The number of fused-ring (bicyclic) bond motifs is 2. The number of para-hydroxylation sites is 1. The summed E-state index contributed by atoms with van der Waals surface area (Å²) in [6.45, 7) is 7.77. The lowest BCUT2D eigenvalue weighted by atomic mass is 10.2. The summed E-state index contributed by atoms with van der Waals surface area (Å²) in [4.78, 5) is 7.04. The van der Waals surface area contributed by atoms with Crippen LogP contribution in [0.25, 0.3) is 21.1 Å². The number of nitrogens with zero attached hydrogens (tertiary/aromatic N) is 3. The van der Waals surface area contributed by atoms with Crippen LogP contribution in [0.4, 0.5) is 0 Å². The summed E-state index contributed by atoms with van der Waals surface area (Å²) >= 11 is 1.58. The summed E-state index contributed by atoms with van der Waals surface area (Å²) in [5, 5.41) is 1.90. The van der Waals surface area contributed by atoms with Crippen molar-refractivity contribution < 1.29 is 9.47 Å². The van der Waals surface area contributed by atoms with Gasteiger partial charge < -0.3 is 14.0 Å². The summed E-state index contributed by atoms with van der Waals surface area (Å²) in [5.74, 6) is 0.831. The molecule has 5 nitrogen and oxygen atoms in total. The van der Waals surface area contributed by atoms with Gasteiger partial charge in [-0.1, -0.05) is 23.5 Å². The molecule has 1 fully saturated rings. The van der Waals surface area contributed by atoms with E-state index < -0.39 is 0 Å². The van der Waals surface area contributed by atoms with E-state index in [9.17, 15) is 0 Å². The van der Waals surface area contributed by atoms with E-state index in [4.69, 9.17) is 9.47 Å². The predicted molar refractivity (Wildman–Crippen MR) is 113 cm³/mol. The number of hydrogen-bond donors (Lipinski definition) is 0. The van der Waals surface area contributed by atoms with Crippen molar-refractivity contribution >= 4 is 32.5 Å². The molecule has 2 aromatic heterocycles. The third kappa shape index (κ3) is 3.39. The molecule has 1 saturated heterocycles. The van der Waals surface area contributed by atoms with Crippen molar-refractivity contribution in [1.29, 1.82) is 0 Å². The van der Waals surface area contributed by atoms with Gasteiger partial charge in [0.05, 0.1) is 23.4 Å². The maximum atomic E-state index is 6.08. The molecular weight excluding hydrogens is 370 g/mol. The molecule has 0 saturated carbocycles. The van der Waals surface area contributed by atoms with Crippen LogP contribution in [0.15, 0.2) is 48.5 Å². The lowest BCUT2D eigenvalue weighted by Crippen LogP contribution is -2.36. The Hall–Kier alpha value is -2.41. The summed E-state index contributed by atoms with van der Waals surface area (Å²) < 4.78 is 15.1. The molecule has 0 spiro atoms. The van der Waals surface area contributed by atoms with Gasteiger partial charge >= 0.3 is 0 Å². The molecule has 3 heterocycles. The van der Waals surface area contributed by atoms with Gasteiger partial charge in [0.15, 0.2) is 0 Å². The number of aromatic nitrogens is 2. The lowest BCUT2D eigenvalue weighted by Gasteiger charge is -2.26. The summed E-state index contributed by atoms with van der Waals surface area (Å²) in [5.41, 5.74) is 3.58. The third-order valence-corrected chi connectivity index (χ3v) is 6.16. The second-order valence-electron chi connectivity index (χ2n) is 7.04. The number of thiazole rings is 1. The van der Waals surface area contributed by atoms with E-state index in [0.717, 1.165) is 55.4 Å². The highest BCUT2D eigenvalue weighted by atomic mass is 32.1. The Bertz CT molecular complexity index is 1080. The standard InChI is InChI=1S/C22H23N3O2S/c1-2-25-17(15-24-9-11-26-12-10-24)13-16-14-18(7-8-20(16)25)27-22-23-19-5-3-4-6-21(19)28-22/h3-8,13-14H,2,9-12,15H2,1H3. The first-order chi connectivity index (χ1) is 13.8. The van der Waals surface area contributed by atoms with Crippen molar-refractivity contribution in [3.63, 3.8) is 0 Å². The zero-order valence-electron chi connectivity index (χ0n) is 15.9. The highest BCUT2D eigenvalue weighted by Crippen LogP contribution is 2.33. The summed E-state index contributed by atoms with van der Waals surface area (Å²) in [7, 11) is 0. The van der Waals surface area contributed by atoms with E-state index in [1.807, 2.05) is 24.3 Å². The van der Waals surface area contributed by atoms with E-state index >= 15 is 0 Å². The number of morpholine rings is 1. The van der Waals surface area contributed by atoms with Gasteiger partial charge in [0, 0.05) is 42.8 Å². The molecule has 0 bridgehead atoms. The van der Waals surface area contributed by atoms with Crippen LogP contribution in [0.5, 0.6) is 10.9 Å². The fraction of sp³-hybridized carbons (Fsp3) is 0.318. The fourth-order valence-electron chi connectivity index (χ4n) is 3.86. The highest BCUT2D eigenvalue weighted by molar-refractivity contribution is 7.20. The van der Waals surface area contributed by atoms with Gasteiger partial charge in [-0.25, -0.2) is 4.98 Å². The minimum Gasteiger partial charge on any atom is -0.431 e. The second kappa shape index (κ2) is 7.54. The van der Waals surface area contributed by atoms with Gasteiger partial charge in [-0.3, -0.25) is 4.90 Å². The molecule has 1 aliphatic rings. The molecule has 0 radical (unpaired) electrons. The van der Waals surface area contributed by atoms with Crippen molar-refractivity contribution in [2.24, 2.45) is 0 Å². The second-order valence-corrected chi connectivity index (χ2v) is 8.03. The fourth-order valence-corrected chi connectivity index (χ4v) is 4.69. The van der Waals surface area contributed by atoms with E-state index in [2.05, 4.69) is 45.6 Å². The first-order valence-corrected chi connectivity index (χ1v) is 10.6. The summed E-state index contributed by atoms with van der Waals surface area (Å²) in [6.07, 6.45) is 0. The third-order valence-electron chi connectivity index (χ3n) is 5.24. The number of benzene rings is 2. The average molecular weight is 394 g/mol. The molecule has 4 aromatic rings. The van der Waals surface area contributed by atoms with E-state index in [1.54, 1.807) is 11.3 Å². The Morgan fingerprint density at radius 1 is 1.11 bits per heavy atom. The van der Waals surface area contributed by atoms with Crippen molar-refractivity contribution in [3.8, 4) is 10.9 Å². The van der Waals surface area contributed by atoms with Crippen molar-refractivity contribution in [3.05, 3.63) is 54.2 Å². The molecule has 0 unspecified atom stereocenters. The van der Waals surface area contributed by atoms with Gasteiger partial charge in [-0.05, 0) is 43.3 Å². The van der Waals surface area contributed by atoms with Crippen LogP contribution in [-0.4, -0.2) is 40.8 Å². The molecule has 144 valence electrons. The topological polar surface area (TPSA) is 39.5 Å². The van der Waals surface area contributed by atoms with Gasteiger partial charge in [0.1, 0.15) is 5.75 Å². The Morgan fingerprint density at radius 2 is 1.96 bits per heavy atom. The lowest BCUT2D eigenvalue weighted by molar-refractivity contribution is 0.0332. The molecule has 28 heavy (non-hydrogen) atoms. The SMILES string of the molecule is CCn1c(CN2CCOCC2)cc2cc(Oc3nc4ccccc4s3)ccc21. The van der Waals surface area contributed by atoms with Crippen LogP contribution >= 0.6 is 11.3 Å². The molecule has 0 N–H and O–H groups in total. The minimum atomic E-state index is 0.684. The Labute approximate surface area is 168 Å². The van der Waals surface area contributed by atoms with Gasteiger partial charge in [-0.15, -0.1) is 0 Å². The Morgan fingerprint density at radius 3 is 2.79 bits per heavy atom. The molecule has 0 amide bonds. The molecule has 2 aromatic carbocycles. The zero-order chi connectivity index (χ0) is 18.9. The van der Waals surface area contributed by atoms with Gasteiger partial charge in [0.25, 0.3) is 5.19 Å². The molecule has 0 atom stereocenters. The van der Waals surface area contributed by atoms with Crippen LogP contribution < -0.4 is 4.74 Å². The Balaban J connectivity index is 1.43. The number of hydrogen-bond acceptors (Lipinski definition) is 5. The normalized spacial score (nSPS) is 15.5. The van der Waals surface area contributed by atoms with Crippen LogP contribution in [0, 0.1) is 0 Å². The highest BCUT2D eigenvalue weighted by Gasteiger charge is 2.15. The van der Waals surface area contributed by atoms with Gasteiger partial charge in [0.2, 0.25) is 0 Å². The van der Waals surface area contributed by atoms with Crippen LogP contribution in [0.1, 0.15) is 12.6 Å². The van der Waals surface area contributed by atoms with Crippen molar-refractivity contribution in [2.45, 2.75) is 20.0 Å². The maximum absolute atomic E-state index is 6.08. The molecule has 6 heteroatoms. The van der Waals surface area contributed by atoms with Crippen molar-refractivity contribution in [2.75, 3.05) is 26.3 Å². The monoisotopic (exact) mass is 393 g/mol. The Kier molecular flexibility index (Phi) is 4.76. The van der Waals surface area contributed by atoms with E-state index in [0.29, 0.717) is 5.19 Å². The van der Waals surface area contributed by atoms with E-state index in [-0.39, 0.29) is 0 Å². The molecule has 1 aliphatic heterocycles. The maximum Gasteiger partial charge on any atom is 0.279 e. The number of aryl methyl sites for hydroxylation is 1. The molecule has 5 rings (SSSR count). The first-order valence-electron chi connectivity index (χ1n) is 9.76. The zero-order valence-corrected chi connectivity index (χ0v) is 16.7.